The fourth-order valence-corrected chi connectivity index (χ4v) is 0. The first-order chi connectivity index (χ1) is 2.64. The molecule has 2 radical (unpaired) electrons. The molecular formula is C5H8O. The van der Waals surface area contributed by atoms with Gasteiger partial charge in [-0.1, -0.05) is 13.8 Å². The molecule has 0 rings (SSSR count). The van der Waals surface area contributed by atoms with Crippen LogP contribution < -0.4 is 0 Å². The molecule has 0 aromatic heterocycles. The minimum Gasteiger partial charge on any atom is -0.299 e. The maximum Gasteiger partial charge on any atom is 0.139 e. The van der Waals surface area contributed by atoms with E-state index in [4.69, 9.17) is 6.92 Å². The molecule has 0 aliphatic carbocycles. The molecule has 1 nitrogen and oxygen atoms in total. The molecule has 0 aliphatic heterocycles. The Morgan fingerprint density at radius 3 is 1.83 bits per heavy atom. The van der Waals surface area contributed by atoms with Gasteiger partial charge in [-0.3, -0.25) is 4.79 Å². The summed E-state index contributed by atoms with van der Waals surface area (Å²) in [6.45, 7) is 8.33. The quantitative estimate of drug-likeness (QED) is 0.461. The van der Waals surface area contributed by atoms with Crippen molar-refractivity contribution in [3.05, 3.63) is 6.92 Å². The Bertz CT molecular complexity index is 55.0. The third kappa shape index (κ3) is 1.94. The van der Waals surface area contributed by atoms with Gasteiger partial charge < -0.3 is 0 Å². The van der Waals surface area contributed by atoms with Gasteiger partial charge in [0.15, 0.2) is 0 Å². The summed E-state index contributed by atoms with van der Waals surface area (Å²) in [7, 11) is 0. The predicted octanol–water partition coefficient (Wildman–Crippen LogP) is 0.923. The minimum atomic E-state index is -0.241. The molecule has 1 heteroatoms. The van der Waals surface area contributed by atoms with Gasteiger partial charge in [-0.2, -0.15) is 0 Å². The summed E-state index contributed by atoms with van der Waals surface area (Å²) >= 11 is 0. The largest absolute Gasteiger partial charge is 0.299 e. The summed E-state index contributed by atoms with van der Waals surface area (Å²) in [4.78, 5) is 9.92. The summed E-state index contributed by atoms with van der Waals surface area (Å²) in [5.74, 6) is -0.250. The lowest BCUT2D eigenvalue weighted by molar-refractivity contribution is -0.117. The van der Waals surface area contributed by atoms with Gasteiger partial charge in [0.2, 0.25) is 0 Å². The number of hydrogen-bond donors (Lipinski definition) is 0. The standard InChI is InChI=1S/C5H8O/c1-4(2)5(3)6/h3-4H,1-2H3. The zero-order valence-electron chi connectivity index (χ0n) is 4.06. The molecule has 0 saturated heterocycles. The van der Waals surface area contributed by atoms with Gasteiger partial charge in [-0.15, -0.1) is 0 Å². The van der Waals surface area contributed by atoms with E-state index >= 15 is 0 Å². The lowest BCUT2D eigenvalue weighted by Crippen LogP contribution is -1.99. The van der Waals surface area contributed by atoms with Crippen molar-refractivity contribution in [2.45, 2.75) is 13.8 Å². The van der Waals surface area contributed by atoms with Crippen LogP contribution in [0.5, 0.6) is 0 Å². The number of ketones is 1. The Morgan fingerprint density at radius 2 is 1.83 bits per heavy atom. The minimum absolute atomic E-state index is 0.00926. The molecule has 0 aromatic carbocycles. The van der Waals surface area contributed by atoms with Crippen LogP contribution >= 0.6 is 0 Å². The first-order valence-electron chi connectivity index (χ1n) is 1.94. The van der Waals surface area contributed by atoms with E-state index in [1.807, 2.05) is 0 Å². The van der Waals surface area contributed by atoms with Crippen molar-refractivity contribution in [1.29, 1.82) is 0 Å². The number of hydrogen-bond acceptors (Lipinski definition) is 1. The van der Waals surface area contributed by atoms with Crippen LogP contribution in [0.15, 0.2) is 0 Å². The summed E-state index contributed by atoms with van der Waals surface area (Å²) in [6, 6.07) is 0. The van der Waals surface area contributed by atoms with E-state index < -0.39 is 0 Å². The van der Waals surface area contributed by atoms with Crippen molar-refractivity contribution >= 4 is 5.78 Å². The van der Waals surface area contributed by atoms with Crippen molar-refractivity contribution in [1.82, 2.24) is 0 Å². The third-order valence-corrected chi connectivity index (χ3v) is 0.569. The van der Waals surface area contributed by atoms with E-state index in [0.717, 1.165) is 0 Å². The molecule has 0 fully saturated rings. The Morgan fingerprint density at radius 1 is 1.67 bits per heavy atom. The molecule has 0 N–H and O–H groups in total. The van der Waals surface area contributed by atoms with E-state index in [0.29, 0.717) is 0 Å². The smallest absolute Gasteiger partial charge is 0.139 e. The molecule has 34 valence electrons. The Kier molecular flexibility index (Phi) is 1.85. The molecule has 0 spiro atoms. The molecule has 0 unspecified atom stereocenters. The van der Waals surface area contributed by atoms with E-state index in [2.05, 4.69) is 0 Å². The number of rotatable bonds is 1. The Labute approximate surface area is 38.4 Å². The molecule has 0 heterocycles. The van der Waals surface area contributed by atoms with Crippen LogP contribution in [0.1, 0.15) is 13.8 Å². The van der Waals surface area contributed by atoms with E-state index in [9.17, 15) is 4.79 Å². The maximum absolute atomic E-state index is 9.92. The first kappa shape index (κ1) is 5.67. The zero-order chi connectivity index (χ0) is 5.15. The van der Waals surface area contributed by atoms with Crippen LogP contribution in [0.4, 0.5) is 0 Å². The Hall–Kier alpha value is -0.330. The normalized spacial score (nSPS) is 9.33. The molecule has 0 saturated carbocycles. The van der Waals surface area contributed by atoms with Crippen molar-refractivity contribution in [3.63, 3.8) is 0 Å². The van der Waals surface area contributed by atoms with Crippen LogP contribution in [-0.2, 0) is 4.79 Å². The van der Waals surface area contributed by atoms with Crippen molar-refractivity contribution in [2.75, 3.05) is 0 Å². The van der Waals surface area contributed by atoms with Crippen LogP contribution in [0.2, 0.25) is 0 Å². The molecule has 0 amide bonds. The third-order valence-electron chi connectivity index (χ3n) is 0.569. The lowest BCUT2D eigenvalue weighted by Gasteiger charge is -1.90. The van der Waals surface area contributed by atoms with E-state index in [1.165, 1.54) is 0 Å². The number of Topliss-reactive ketones (excluding diaryl/α,β-unsaturated/α-hetero) is 1. The fraction of sp³-hybridized carbons (Fsp3) is 0.600. The molecule has 6 heavy (non-hydrogen) atoms. The second-order valence-corrected chi connectivity index (χ2v) is 1.56. The first-order valence-corrected chi connectivity index (χ1v) is 1.94. The zero-order valence-corrected chi connectivity index (χ0v) is 4.06. The van der Waals surface area contributed by atoms with Crippen molar-refractivity contribution < 1.29 is 4.79 Å². The van der Waals surface area contributed by atoms with Crippen LogP contribution in [0, 0.1) is 12.8 Å². The highest BCUT2D eigenvalue weighted by atomic mass is 16.1. The predicted molar refractivity (Wildman–Crippen MR) is 24.1 cm³/mol. The average Bonchev–Trinajstić information content (AvgIpc) is 1.36. The fourth-order valence-electron chi connectivity index (χ4n) is 0. The number of carbonyl (C=O) groups is 1. The van der Waals surface area contributed by atoms with Gasteiger partial charge in [0.05, 0.1) is 0 Å². The topological polar surface area (TPSA) is 17.1 Å². The summed E-state index contributed by atoms with van der Waals surface area (Å²) in [5, 5.41) is 0. The summed E-state index contributed by atoms with van der Waals surface area (Å²) in [5.41, 5.74) is 0. The van der Waals surface area contributed by atoms with Crippen LogP contribution in [0.25, 0.3) is 0 Å². The number of carbonyl (C=O) groups excluding carboxylic acids is 1. The van der Waals surface area contributed by atoms with Gasteiger partial charge in [0.1, 0.15) is 5.78 Å². The maximum atomic E-state index is 9.92. The van der Waals surface area contributed by atoms with Gasteiger partial charge >= 0.3 is 0 Å². The molecule has 0 aliphatic rings. The molecule has 0 aromatic rings. The second kappa shape index (κ2) is 1.96. The second-order valence-electron chi connectivity index (χ2n) is 1.56. The highest BCUT2D eigenvalue weighted by molar-refractivity contribution is 5.84. The van der Waals surface area contributed by atoms with Crippen molar-refractivity contribution in [2.24, 2.45) is 5.92 Å². The van der Waals surface area contributed by atoms with Crippen LogP contribution in [-0.4, -0.2) is 5.78 Å². The SMILES string of the molecule is [CH]C(=O)C(C)C. The van der Waals surface area contributed by atoms with Crippen LogP contribution in [0.3, 0.4) is 0 Å². The molecular weight excluding hydrogens is 76.1 g/mol. The average molecular weight is 84.1 g/mol. The van der Waals surface area contributed by atoms with Gasteiger partial charge in [-0.05, 0) is 0 Å². The summed E-state index contributed by atoms with van der Waals surface area (Å²) in [6.07, 6.45) is 0. The van der Waals surface area contributed by atoms with Gasteiger partial charge in [-0.25, -0.2) is 0 Å². The van der Waals surface area contributed by atoms with E-state index in [1.54, 1.807) is 13.8 Å². The van der Waals surface area contributed by atoms with Gasteiger partial charge in [0, 0.05) is 12.8 Å². The van der Waals surface area contributed by atoms with Crippen molar-refractivity contribution in [3.8, 4) is 0 Å². The highest BCUT2D eigenvalue weighted by Crippen LogP contribution is 1.89. The molecule has 0 atom stereocenters. The Balaban J connectivity index is 3.26. The lowest BCUT2D eigenvalue weighted by atomic mass is 10.1. The highest BCUT2D eigenvalue weighted by Gasteiger charge is 1.95. The van der Waals surface area contributed by atoms with E-state index in [-0.39, 0.29) is 11.7 Å². The molecule has 0 bridgehead atoms. The van der Waals surface area contributed by atoms with Gasteiger partial charge in [0.25, 0.3) is 0 Å². The summed E-state index contributed by atoms with van der Waals surface area (Å²) < 4.78 is 0. The monoisotopic (exact) mass is 84.1 g/mol.